The van der Waals surface area contributed by atoms with Gasteiger partial charge in [0.15, 0.2) is 0 Å². The normalized spacial score (nSPS) is 17.9. The summed E-state index contributed by atoms with van der Waals surface area (Å²) in [7, 11) is 4.06. The number of hydrogen-bond donors (Lipinski definition) is 2. The molecule has 2 rings (SSSR count). The van der Waals surface area contributed by atoms with E-state index in [9.17, 15) is 4.79 Å². The van der Waals surface area contributed by atoms with Gasteiger partial charge in [-0.15, -0.1) is 0 Å². The average Bonchev–Trinajstić information content (AvgIpc) is 3.01. The van der Waals surface area contributed by atoms with Gasteiger partial charge in [0.2, 0.25) is 0 Å². The lowest BCUT2D eigenvalue weighted by Gasteiger charge is -2.33. The molecular weight excluding hydrogens is 344 g/mol. The smallest absolute Gasteiger partial charge is 0.315 e. The molecule has 0 aliphatic carbocycles. The summed E-state index contributed by atoms with van der Waals surface area (Å²) in [5.41, 5.74) is 0. The summed E-state index contributed by atoms with van der Waals surface area (Å²) in [5, 5.41) is 6.18. The number of carbonyl (C=O) groups excluding carboxylic acids is 1. The number of hydrogen-bond acceptors (Lipinski definition) is 5. The summed E-state index contributed by atoms with van der Waals surface area (Å²) >= 11 is 0. The topological polar surface area (TPSA) is 70.0 Å². The molecule has 7 heteroatoms. The van der Waals surface area contributed by atoms with Gasteiger partial charge in [-0.05, 0) is 45.5 Å². The van der Waals surface area contributed by atoms with Gasteiger partial charge in [0.05, 0.1) is 19.3 Å². The Morgan fingerprint density at radius 3 is 2.52 bits per heavy atom. The first-order valence-corrected chi connectivity index (χ1v) is 9.92. The third-order valence-corrected chi connectivity index (χ3v) is 4.71. The van der Waals surface area contributed by atoms with E-state index in [1.165, 1.54) is 0 Å². The van der Waals surface area contributed by atoms with Crippen LogP contribution in [0.5, 0.6) is 0 Å². The molecule has 0 bridgehead atoms. The van der Waals surface area contributed by atoms with Crippen molar-refractivity contribution in [2.24, 2.45) is 5.92 Å². The van der Waals surface area contributed by atoms with Gasteiger partial charge in [0.25, 0.3) is 0 Å². The summed E-state index contributed by atoms with van der Waals surface area (Å²) in [6.45, 7) is 10.7. The van der Waals surface area contributed by atoms with E-state index in [2.05, 4.69) is 34.3 Å². The van der Waals surface area contributed by atoms with Gasteiger partial charge in [0, 0.05) is 32.2 Å². The molecule has 1 aromatic heterocycles. The number of nitrogens with one attached hydrogen (secondary N) is 2. The van der Waals surface area contributed by atoms with E-state index in [0.717, 1.165) is 37.6 Å². The third kappa shape index (κ3) is 7.52. The molecule has 1 aliphatic rings. The maximum atomic E-state index is 12.5. The van der Waals surface area contributed by atoms with E-state index in [1.807, 2.05) is 33.2 Å². The number of carbonyl (C=O) groups is 1. The van der Waals surface area contributed by atoms with Gasteiger partial charge in [-0.1, -0.05) is 13.8 Å². The fraction of sp³-hybridized carbons (Fsp3) is 0.750. The van der Waals surface area contributed by atoms with Gasteiger partial charge < -0.3 is 24.7 Å². The number of rotatable bonds is 9. The first kappa shape index (κ1) is 21.7. The van der Waals surface area contributed by atoms with Gasteiger partial charge in [-0.3, -0.25) is 4.90 Å². The third-order valence-electron chi connectivity index (χ3n) is 4.71. The number of nitrogens with zero attached hydrogens (tertiary/aromatic N) is 2. The summed E-state index contributed by atoms with van der Waals surface area (Å²) in [6.07, 6.45) is 0.954. The zero-order chi connectivity index (χ0) is 19.8. The molecule has 154 valence electrons. The highest BCUT2D eigenvalue weighted by Gasteiger charge is 2.26. The van der Waals surface area contributed by atoms with Crippen LogP contribution in [-0.4, -0.2) is 75.4 Å². The monoisotopic (exact) mass is 380 g/mol. The first-order chi connectivity index (χ1) is 12.8. The second kappa shape index (κ2) is 10.7. The molecule has 2 amide bonds. The van der Waals surface area contributed by atoms with Crippen molar-refractivity contribution in [2.75, 3.05) is 53.5 Å². The molecule has 0 spiro atoms. The number of furan rings is 1. The maximum absolute atomic E-state index is 12.5. The quantitative estimate of drug-likeness (QED) is 0.688. The van der Waals surface area contributed by atoms with Crippen LogP contribution in [0.15, 0.2) is 16.5 Å². The molecule has 0 radical (unpaired) electrons. The van der Waals surface area contributed by atoms with Crippen molar-refractivity contribution in [1.29, 1.82) is 0 Å². The number of ether oxygens (including phenoxy) is 1. The Bertz CT molecular complexity index is 557. The van der Waals surface area contributed by atoms with Crippen LogP contribution in [0.1, 0.15) is 37.8 Å². The first-order valence-electron chi connectivity index (χ1n) is 9.92. The van der Waals surface area contributed by atoms with E-state index in [-0.39, 0.29) is 18.1 Å². The van der Waals surface area contributed by atoms with Crippen LogP contribution >= 0.6 is 0 Å². The highest BCUT2D eigenvalue weighted by Crippen LogP contribution is 2.23. The Labute approximate surface area is 163 Å². The van der Waals surface area contributed by atoms with Crippen molar-refractivity contribution in [3.8, 4) is 0 Å². The van der Waals surface area contributed by atoms with Crippen molar-refractivity contribution in [3.63, 3.8) is 0 Å². The zero-order valence-electron chi connectivity index (χ0n) is 17.5. The summed E-state index contributed by atoms with van der Waals surface area (Å²) < 4.78 is 11.3. The number of morpholine rings is 1. The number of urea groups is 1. The second-order valence-electron chi connectivity index (χ2n) is 8.06. The zero-order valence-corrected chi connectivity index (χ0v) is 17.5. The Morgan fingerprint density at radius 2 is 1.96 bits per heavy atom. The van der Waals surface area contributed by atoms with E-state index >= 15 is 0 Å². The lowest BCUT2D eigenvalue weighted by molar-refractivity contribution is 0.0121. The van der Waals surface area contributed by atoms with Crippen LogP contribution in [-0.2, 0) is 4.74 Å². The molecule has 2 heterocycles. The summed E-state index contributed by atoms with van der Waals surface area (Å²) in [4.78, 5) is 16.9. The van der Waals surface area contributed by atoms with E-state index in [0.29, 0.717) is 25.7 Å². The molecule has 2 N–H and O–H groups in total. The fourth-order valence-corrected chi connectivity index (χ4v) is 3.55. The number of aryl methyl sites for hydroxylation is 1. The molecule has 7 nitrogen and oxygen atoms in total. The van der Waals surface area contributed by atoms with E-state index in [4.69, 9.17) is 9.15 Å². The minimum Gasteiger partial charge on any atom is -0.465 e. The molecule has 27 heavy (non-hydrogen) atoms. The van der Waals surface area contributed by atoms with Gasteiger partial charge >= 0.3 is 6.03 Å². The Kier molecular flexibility index (Phi) is 8.60. The largest absolute Gasteiger partial charge is 0.465 e. The lowest BCUT2D eigenvalue weighted by atomic mass is 10.0. The molecular formula is C20H36N4O3. The Balaban J connectivity index is 1.95. The van der Waals surface area contributed by atoms with E-state index in [1.54, 1.807) is 0 Å². The molecule has 1 aromatic rings. The highest BCUT2D eigenvalue weighted by molar-refractivity contribution is 5.74. The van der Waals surface area contributed by atoms with Crippen LogP contribution in [0.4, 0.5) is 4.79 Å². The molecule has 0 saturated carbocycles. The minimum atomic E-state index is -0.121. The Morgan fingerprint density at radius 1 is 1.26 bits per heavy atom. The molecule has 2 atom stereocenters. The fourth-order valence-electron chi connectivity index (χ4n) is 3.55. The summed E-state index contributed by atoms with van der Waals surface area (Å²) in [5.74, 6) is 2.31. The predicted molar refractivity (Wildman–Crippen MR) is 107 cm³/mol. The van der Waals surface area contributed by atoms with Crippen molar-refractivity contribution in [1.82, 2.24) is 20.4 Å². The van der Waals surface area contributed by atoms with Gasteiger partial charge in [-0.2, -0.15) is 0 Å². The number of likely N-dealkylation sites (N-methyl/N-ethyl adjacent to an activating group) is 1. The molecule has 2 unspecified atom stereocenters. The predicted octanol–water partition coefficient (Wildman–Crippen LogP) is 2.24. The second-order valence-corrected chi connectivity index (χ2v) is 8.06. The van der Waals surface area contributed by atoms with Crippen molar-refractivity contribution >= 4 is 6.03 Å². The summed E-state index contributed by atoms with van der Waals surface area (Å²) in [6, 6.07) is 4.00. The molecule has 1 aliphatic heterocycles. The Hall–Kier alpha value is -1.57. The number of amides is 2. The standard InChI is InChI=1S/C20H36N4O3/c1-15(2)12-17(14-23(4)5)22-20(25)21-13-18(19-7-6-16(3)27-19)24-8-10-26-11-9-24/h6-7,15,17-18H,8-14H2,1-5H3,(H2,21,22,25). The molecule has 0 aromatic carbocycles. The maximum Gasteiger partial charge on any atom is 0.315 e. The minimum absolute atomic E-state index is 0.0192. The SMILES string of the molecule is Cc1ccc(C(CNC(=O)NC(CC(C)C)CN(C)C)N2CCOCC2)o1. The average molecular weight is 381 g/mol. The van der Waals surface area contributed by atoms with Crippen molar-refractivity contribution < 1.29 is 13.9 Å². The van der Waals surface area contributed by atoms with E-state index < -0.39 is 0 Å². The molecule has 1 fully saturated rings. The van der Waals surface area contributed by atoms with Crippen molar-refractivity contribution in [2.45, 2.75) is 39.3 Å². The lowest BCUT2D eigenvalue weighted by Crippen LogP contribution is -2.49. The molecule has 1 saturated heterocycles. The van der Waals surface area contributed by atoms with Gasteiger partial charge in [0.1, 0.15) is 11.5 Å². The van der Waals surface area contributed by atoms with Crippen LogP contribution in [0.3, 0.4) is 0 Å². The van der Waals surface area contributed by atoms with Crippen LogP contribution in [0, 0.1) is 12.8 Å². The highest BCUT2D eigenvalue weighted by atomic mass is 16.5. The van der Waals surface area contributed by atoms with Crippen LogP contribution < -0.4 is 10.6 Å². The van der Waals surface area contributed by atoms with Crippen molar-refractivity contribution in [3.05, 3.63) is 23.7 Å². The van der Waals surface area contributed by atoms with Gasteiger partial charge in [-0.25, -0.2) is 4.79 Å². The van der Waals surface area contributed by atoms with Crippen LogP contribution in [0.25, 0.3) is 0 Å². The van der Waals surface area contributed by atoms with Crippen LogP contribution in [0.2, 0.25) is 0 Å².